The van der Waals surface area contributed by atoms with Gasteiger partial charge in [0, 0.05) is 17.8 Å². The van der Waals surface area contributed by atoms with E-state index in [1.54, 1.807) is 24.4 Å². The molecule has 30 heavy (non-hydrogen) atoms. The number of ether oxygens (including phenoxy) is 1. The first-order valence-corrected chi connectivity index (χ1v) is 9.22. The van der Waals surface area contributed by atoms with E-state index in [2.05, 4.69) is 15.1 Å². The van der Waals surface area contributed by atoms with E-state index in [9.17, 15) is 13.6 Å². The van der Waals surface area contributed by atoms with Crippen molar-refractivity contribution in [2.24, 2.45) is 0 Å². The number of carbonyl (C=O) groups excluding carboxylic acids is 1. The third kappa shape index (κ3) is 2.95. The fourth-order valence-electron chi connectivity index (χ4n) is 3.46. The number of halogens is 2. The topological polar surface area (TPSA) is 74.8 Å². The first-order valence-electron chi connectivity index (χ1n) is 9.22. The molecule has 5 rings (SSSR count). The Balaban J connectivity index is 1.64. The Kier molecular flexibility index (Phi) is 4.16. The molecular weight excluding hydrogens is 392 g/mol. The van der Waals surface area contributed by atoms with Crippen molar-refractivity contribution < 1.29 is 18.3 Å². The van der Waals surface area contributed by atoms with Crippen LogP contribution in [0, 0.1) is 11.6 Å². The average molecular weight is 407 g/mol. The number of carbonyl (C=O) groups is 1. The molecule has 0 saturated heterocycles. The lowest BCUT2D eigenvalue weighted by atomic mass is 10.1. The Labute approximate surface area is 169 Å². The summed E-state index contributed by atoms with van der Waals surface area (Å²) < 4.78 is 36.6. The molecule has 2 aromatic carbocycles. The predicted molar refractivity (Wildman–Crippen MR) is 103 cm³/mol. The second-order valence-electron chi connectivity index (χ2n) is 6.85. The predicted octanol–water partition coefficient (Wildman–Crippen LogP) is 3.67. The van der Waals surface area contributed by atoms with Crippen LogP contribution in [0.4, 0.5) is 8.78 Å². The number of imidazole rings is 1. The molecule has 2 aromatic heterocycles. The van der Waals surface area contributed by atoms with Crippen LogP contribution in [0.3, 0.4) is 0 Å². The standard InChI is InChI=1S/C21H15F2N5O2/c1-12(29)13-2-5-19-15(8-13)20-26-17(10-27(20)6-7-30-19)21-24-11-25-28(21)18-4-3-14(22)9-16(18)23/h2-5,8-11H,6-7H2,1H3. The molecule has 0 atom stereocenters. The van der Waals surface area contributed by atoms with Gasteiger partial charge in [0.1, 0.15) is 41.7 Å². The Morgan fingerprint density at radius 2 is 2.00 bits per heavy atom. The normalized spacial score (nSPS) is 12.6. The highest BCUT2D eigenvalue weighted by Gasteiger charge is 2.23. The van der Waals surface area contributed by atoms with Crippen LogP contribution in [0.5, 0.6) is 5.75 Å². The first kappa shape index (κ1) is 18.2. The number of Topliss-reactive ketones (excluding diaryl/α,β-unsaturated/α-hetero) is 1. The zero-order valence-electron chi connectivity index (χ0n) is 15.8. The summed E-state index contributed by atoms with van der Waals surface area (Å²) in [6.07, 6.45) is 3.06. The molecular formula is C21H15F2N5O2. The molecule has 9 heteroatoms. The van der Waals surface area contributed by atoms with Crippen molar-refractivity contribution in [3.63, 3.8) is 0 Å². The van der Waals surface area contributed by atoms with Gasteiger partial charge in [0.25, 0.3) is 0 Å². The van der Waals surface area contributed by atoms with Crippen molar-refractivity contribution in [3.05, 3.63) is 66.1 Å². The van der Waals surface area contributed by atoms with Crippen molar-refractivity contribution in [3.8, 4) is 34.3 Å². The maximum atomic E-state index is 14.3. The average Bonchev–Trinajstić information content (AvgIpc) is 3.32. The maximum absolute atomic E-state index is 14.3. The third-order valence-corrected chi connectivity index (χ3v) is 4.91. The van der Waals surface area contributed by atoms with E-state index in [4.69, 9.17) is 4.74 Å². The number of nitrogens with zero attached hydrogens (tertiary/aromatic N) is 5. The van der Waals surface area contributed by atoms with Gasteiger partial charge in [-0.1, -0.05) is 0 Å². The summed E-state index contributed by atoms with van der Waals surface area (Å²) in [6, 6.07) is 8.46. The number of hydrogen-bond acceptors (Lipinski definition) is 5. The summed E-state index contributed by atoms with van der Waals surface area (Å²) in [5, 5.41) is 4.08. The van der Waals surface area contributed by atoms with Gasteiger partial charge < -0.3 is 9.30 Å². The molecule has 0 spiro atoms. The molecule has 0 unspecified atom stereocenters. The monoisotopic (exact) mass is 407 g/mol. The van der Waals surface area contributed by atoms with E-state index >= 15 is 0 Å². The summed E-state index contributed by atoms with van der Waals surface area (Å²) in [4.78, 5) is 20.7. The van der Waals surface area contributed by atoms with Crippen molar-refractivity contribution in [2.45, 2.75) is 13.5 Å². The Bertz CT molecular complexity index is 1290. The smallest absolute Gasteiger partial charge is 0.183 e. The number of fused-ring (bicyclic) bond motifs is 3. The Morgan fingerprint density at radius 3 is 2.80 bits per heavy atom. The molecule has 0 radical (unpaired) electrons. The summed E-state index contributed by atoms with van der Waals surface area (Å²) in [6.45, 7) is 2.46. The fourth-order valence-corrected chi connectivity index (χ4v) is 3.46. The van der Waals surface area contributed by atoms with Crippen molar-refractivity contribution in [1.82, 2.24) is 24.3 Å². The van der Waals surface area contributed by atoms with E-state index in [1.165, 1.54) is 24.0 Å². The number of hydrogen-bond donors (Lipinski definition) is 0. The second kappa shape index (κ2) is 6.87. The lowest BCUT2D eigenvalue weighted by Gasteiger charge is -2.07. The van der Waals surface area contributed by atoms with E-state index in [0.717, 1.165) is 12.1 Å². The quantitative estimate of drug-likeness (QED) is 0.485. The SMILES string of the molecule is CC(=O)c1ccc2c(c1)-c1nc(-c3ncnn3-c3ccc(F)cc3F)cn1CCO2. The van der Waals surface area contributed by atoms with Gasteiger partial charge >= 0.3 is 0 Å². The van der Waals surface area contributed by atoms with Crippen molar-refractivity contribution >= 4 is 5.78 Å². The molecule has 3 heterocycles. The highest BCUT2D eigenvalue weighted by Crippen LogP contribution is 2.34. The molecule has 0 saturated carbocycles. The van der Waals surface area contributed by atoms with Crippen LogP contribution in [0.25, 0.3) is 28.6 Å². The minimum absolute atomic E-state index is 0.0631. The van der Waals surface area contributed by atoms with Crippen LogP contribution in [0.2, 0.25) is 0 Å². The molecule has 1 aliphatic heterocycles. The van der Waals surface area contributed by atoms with Crippen molar-refractivity contribution in [2.75, 3.05) is 6.61 Å². The van der Waals surface area contributed by atoms with Gasteiger partial charge in [0.2, 0.25) is 0 Å². The minimum Gasteiger partial charge on any atom is -0.491 e. The lowest BCUT2D eigenvalue weighted by molar-refractivity contribution is 0.101. The van der Waals surface area contributed by atoms with Gasteiger partial charge in [0.05, 0.1) is 12.1 Å². The molecule has 150 valence electrons. The molecule has 0 aliphatic carbocycles. The number of rotatable bonds is 3. The van der Waals surface area contributed by atoms with Gasteiger partial charge in [-0.3, -0.25) is 4.79 Å². The van der Waals surface area contributed by atoms with Crippen LogP contribution < -0.4 is 4.74 Å². The molecule has 0 bridgehead atoms. The highest BCUT2D eigenvalue weighted by molar-refractivity contribution is 5.95. The fraction of sp³-hybridized carbons (Fsp3) is 0.143. The Morgan fingerprint density at radius 1 is 1.13 bits per heavy atom. The Hall–Kier alpha value is -3.88. The van der Waals surface area contributed by atoms with E-state index < -0.39 is 11.6 Å². The van der Waals surface area contributed by atoms with Gasteiger partial charge in [-0.25, -0.2) is 23.4 Å². The minimum atomic E-state index is -0.757. The van der Waals surface area contributed by atoms with Crippen LogP contribution in [0.15, 0.2) is 48.9 Å². The molecule has 0 amide bonds. The summed E-state index contributed by atoms with van der Waals surface area (Å²) in [5.74, 6) is 0.0479. The largest absolute Gasteiger partial charge is 0.491 e. The molecule has 7 nitrogen and oxygen atoms in total. The third-order valence-electron chi connectivity index (χ3n) is 4.91. The van der Waals surface area contributed by atoms with Crippen LogP contribution in [-0.2, 0) is 6.54 Å². The second-order valence-corrected chi connectivity index (χ2v) is 6.85. The van der Waals surface area contributed by atoms with Gasteiger partial charge in [-0.15, -0.1) is 0 Å². The number of aromatic nitrogens is 5. The van der Waals surface area contributed by atoms with E-state index in [1.807, 2.05) is 4.57 Å². The number of benzene rings is 2. The van der Waals surface area contributed by atoms with Gasteiger partial charge in [-0.2, -0.15) is 5.10 Å². The van der Waals surface area contributed by atoms with Gasteiger partial charge in [-0.05, 0) is 37.3 Å². The van der Waals surface area contributed by atoms with Crippen LogP contribution in [-0.4, -0.2) is 36.7 Å². The summed E-state index contributed by atoms with van der Waals surface area (Å²) >= 11 is 0. The summed E-state index contributed by atoms with van der Waals surface area (Å²) in [7, 11) is 0. The molecule has 4 aromatic rings. The first-order chi connectivity index (χ1) is 14.5. The molecule has 1 aliphatic rings. The maximum Gasteiger partial charge on any atom is 0.183 e. The van der Waals surface area contributed by atoms with Crippen molar-refractivity contribution in [1.29, 1.82) is 0 Å². The van der Waals surface area contributed by atoms with E-state index in [0.29, 0.717) is 47.4 Å². The zero-order valence-corrected chi connectivity index (χ0v) is 15.8. The highest BCUT2D eigenvalue weighted by atomic mass is 19.1. The summed E-state index contributed by atoms with van der Waals surface area (Å²) in [5.41, 5.74) is 1.76. The van der Waals surface area contributed by atoms with Crippen LogP contribution in [0.1, 0.15) is 17.3 Å². The molecule has 0 fully saturated rings. The molecule has 0 N–H and O–H groups in total. The zero-order chi connectivity index (χ0) is 20.8. The van der Waals surface area contributed by atoms with Gasteiger partial charge in [0.15, 0.2) is 17.4 Å². The lowest BCUT2D eigenvalue weighted by Crippen LogP contribution is -2.05. The van der Waals surface area contributed by atoms with E-state index in [-0.39, 0.29) is 11.5 Å². The van der Waals surface area contributed by atoms with Crippen LogP contribution >= 0.6 is 0 Å². The number of ketones is 1.